The average Bonchev–Trinajstić information content (AvgIpc) is 2.35. The van der Waals surface area contributed by atoms with E-state index in [0.29, 0.717) is 6.54 Å². The van der Waals surface area contributed by atoms with Gasteiger partial charge in [-0.05, 0) is 31.5 Å². The molecule has 0 bridgehead atoms. The Morgan fingerprint density at radius 3 is 2.94 bits per heavy atom. The zero-order valence-corrected chi connectivity index (χ0v) is 9.48. The second-order valence-electron chi connectivity index (χ2n) is 3.85. The number of hydrogen-bond donors (Lipinski definition) is 1. The highest BCUT2D eigenvalue weighted by Crippen LogP contribution is 2.22. The summed E-state index contributed by atoms with van der Waals surface area (Å²) in [4.78, 5) is 4.44. The summed E-state index contributed by atoms with van der Waals surface area (Å²) in [5.41, 5.74) is 9.02. The lowest BCUT2D eigenvalue weighted by atomic mass is 10.0. The van der Waals surface area contributed by atoms with E-state index < -0.39 is 0 Å². The lowest BCUT2D eigenvalue weighted by Gasteiger charge is -2.05. The first-order valence-corrected chi connectivity index (χ1v) is 5.54. The van der Waals surface area contributed by atoms with Crippen LogP contribution in [0, 0.1) is 0 Å². The van der Waals surface area contributed by atoms with Crippen LogP contribution in [-0.2, 0) is 0 Å². The maximum Gasteiger partial charge on any atom is 0.0776 e. The maximum absolute atomic E-state index is 5.51. The molecule has 2 heteroatoms. The Balaban J connectivity index is 2.52. The van der Waals surface area contributed by atoms with Crippen molar-refractivity contribution in [2.75, 3.05) is 6.54 Å². The molecule has 2 aromatic rings. The molecule has 1 heterocycles. The third-order valence-corrected chi connectivity index (χ3v) is 2.67. The van der Waals surface area contributed by atoms with Gasteiger partial charge in [0.25, 0.3) is 0 Å². The molecule has 0 saturated carbocycles. The normalized spacial score (nSPS) is 12.0. The Hall–Kier alpha value is -1.67. The summed E-state index contributed by atoms with van der Waals surface area (Å²) in [7, 11) is 0. The SMILES string of the molecule is C/C(=C/CCN)c1cccc2cccnc12. The first kappa shape index (κ1) is 10.8. The van der Waals surface area contributed by atoms with E-state index in [1.807, 2.05) is 12.3 Å². The topological polar surface area (TPSA) is 38.9 Å². The summed E-state index contributed by atoms with van der Waals surface area (Å²) in [5, 5.41) is 1.18. The highest BCUT2D eigenvalue weighted by atomic mass is 14.6. The molecule has 1 aromatic carbocycles. The van der Waals surface area contributed by atoms with Crippen LogP contribution >= 0.6 is 0 Å². The van der Waals surface area contributed by atoms with Crippen molar-refractivity contribution >= 4 is 16.5 Å². The maximum atomic E-state index is 5.51. The molecule has 0 unspecified atom stereocenters. The van der Waals surface area contributed by atoms with Crippen LogP contribution in [0.5, 0.6) is 0 Å². The molecule has 2 N–H and O–H groups in total. The first-order chi connectivity index (χ1) is 7.83. The van der Waals surface area contributed by atoms with Crippen LogP contribution < -0.4 is 5.73 Å². The standard InChI is InChI=1S/C14H16N2/c1-11(5-3-9-15)13-8-2-6-12-7-4-10-16-14(12)13/h2,4-8,10H,3,9,15H2,1H3/b11-5-. The van der Waals surface area contributed by atoms with Gasteiger partial charge in [-0.15, -0.1) is 0 Å². The van der Waals surface area contributed by atoms with E-state index >= 15 is 0 Å². The molecule has 2 rings (SSSR count). The number of aromatic nitrogens is 1. The number of allylic oxidation sites excluding steroid dienone is 1. The summed E-state index contributed by atoms with van der Waals surface area (Å²) < 4.78 is 0. The molecular weight excluding hydrogens is 196 g/mol. The van der Waals surface area contributed by atoms with Gasteiger partial charge >= 0.3 is 0 Å². The minimum Gasteiger partial charge on any atom is -0.330 e. The van der Waals surface area contributed by atoms with Gasteiger partial charge in [0, 0.05) is 17.1 Å². The highest BCUT2D eigenvalue weighted by molar-refractivity contribution is 5.90. The fourth-order valence-corrected chi connectivity index (χ4v) is 1.83. The summed E-state index contributed by atoms with van der Waals surface area (Å²) in [5.74, 6) is 0. The van der Waals surface area contributed by atoms with Crippen molar-refractivity contribution in [2.24, 2.45) is 5.73 Å². The molecule has 1 aromatic heterocycles. The van der Waals surface area contributed by atoms with E-state index in [2.05, 4.69) is 42.2 Å². The van der Waals surface area contributed by atoms with Gasteiger partial charge in [0.05, 0.1) is 5.52 Å². The molecule has 0 fully saturated rings. The van der Waals surface area contributed by atoms with E-state index in [1.165, 1.54) is 16.5 Å². The third kappa shape index (κ3) is 2.12. The van der Waals surface area contributed by atoms with Gasteiger partial charge in [0.2, 0.25) is 0 Å². The molecule has 0 amide bonds. The van der Waals surface area contributed by atoms with Crippen molar-refractivity contribution in [2.45, 2.75) is 13.3 Å². The zero-order valence-electron chi connectivity index (χ0n) is 9.48. The van der Waals surface area contributed by atoms with Crippen molar-refractivity contribution in [3.05, 3.63) is 48.2 Å². The Labute approximate surface area is 95.8 Å². The van der Waals surface area contributed by atoms with Crippen LogP contribution in [0.15, 0.2) is 42.6 Å². The minimum absolute atomic E-state index is 0.690. The minimum atomic E-state index is 0.690. The zero-order chi connectivity index (χ0) is 11.4. The van der Waals surface area contributed by atoms with Gasteiger partial charge in [-0.25, -0.2) is 0 Å². The van der Waals surface area contributed by atoms with Crippen molar-refractivity contribution < 1.29 is 0 Å². The van der Waals surface area contributed by atoms with Gasteiger partial charge < -0.3 is 5.73 Å². The van der Waals surface area contributed by atoms with Crippen molar-refractivity contribution in [3.8, 4) is 0 Å². The van der Waals surface area contributed by atoms with Crippen molar-refractivity contribution in [1.29, 1.82) is 0 Å². The van der Waals surface area contributed by atoms with E-state index in [9.17, 15) is 0 Å². The number of fused-ring (bicyclic) bond motifs is 1. The number of nitrogens with two attached hydrogens (primary N) is 1. The monoisotopic (exact) mass is 212 g/mol. The predicted molar refractivity (Wildman–Crippen MR) is 69.1 cm³/mol. The Morgan fingerprint density at radius 2 is 2.12 bits per heavy atom. The number of hydrogen-bond acceptors (Lipinski definition) is 2. The third-order valence-electron chi connectivity index (χ3n) is 2.67. The molecule has 0 radical (unpaired) electrons. The summed E-state index contributed by atoms with van der Waals surface area (Å²) in [6.45, 7) is 2.80. The molecule has 0 spiro atoms. The quantitative estimate of drug-likeness (QED) is 0.849. The molecule has 0 aliphatic rings. The fraction of sp³-hybridized carbons (Fsp3) is 0.214. The fourth-order valence-electron chi connectivity index (χ4n) is 1.83. The number of para-hydroxylation sites is 1. The van der Waals surface area contributed by atoms with Gasteiger partial charge in [0.1, 0.15) is 0 Å². The van der Waals surface area contributed by atoms with Gasteiger partial charge in [0.15, 0.2) is 0 Å². The second kappa shape index (κ2) is 4.90. The molecule has 2 nitrogen and oxygen atoms in total. The Bertz CT molecular complexity index is 510. The summed E-state index contributed by atoms with van der Waals surface area (Å²) in [6, 6.07) is 10.3. The molecule has 0 atom stereocenters. The summed E-state index contributed by atoms with van der Waals surface area (Å²) in [6.07, 6.45) is 4.92. The predicted octanol–water partition coefficient (Wildman–Crippen LogP) is 2.99. The molecule has 0 aliphatic carbocycles. The van der Waals surface area contributed by atoms with Crippen LogP contribution in [0.25, 0.3) is 16.5 Å². The number of pyridine rings is 1. The van der Waals surface area contributed by atoms with Crippen LogP contribution in [0.1, 0.15) is 18.9 Å². The lowest BCUT2D eigenvalue weighted by molar-refractivity contribution is 1.01. The van der Waals surface area contributed by atoms with Gasteiger partial charge in [-0.2, -0.15) is 0 Å². The lowest BCUT2D eigenvalue weighted by Crippen LogP contribution is -1.96. The largest absolute Gasteiger partial charge is 0.330 e. The average molecular weight is 212 g/mol. The van der Waals surface area contributed by atoms with E-state index in [4.69, 9.17) is 5.73 Å². The van der Waals surface area contributed by atoms with E-state index in [0.717, 1.165) is 11.9 Å². The van der Waals surface area contributed by atoms with E-state index in [1.54, 1.807) is 0 Å². The molecule has 0 saturated heterocycles. The highest BCUT2D eigenvalue weighted by Gasteiger charge is 2.02. The number of rotatable bonds is 3. The smallest absolute Gasteiger partial charge is 0.0776 e. The van der Waals surface area contributed by atoms with E-state index in [-0.39, 0.29) is 0 Å². The van der Waals surface area contributed by atoms with Crippen molar-refractivity contribution in [1.82, 2.24) is 4.98 Å². The van der Waals surface area contributed by atoms with Crippen LogP contribution in [-0.4, -0.2) is 11.5 Å². The second-order valence-corrected chi connectivity index (χ2v) is 3.85. The number of benzene rings is 1. The van der Waals surface area contributed by atoms with Crippen LogP contribution in [0.4, 0.5) is 0 Å². The molecular formula is C14H16N2. The Morgan fingerprint density at radius 1 is 1.31 bits per heavy atom. The molecule has 0 aliphatic heterocycles. The first-order valence-electron chi connectivity index (χ1n) is 5.54. The van der Waals surface area contributed by atoms with Crippen molar-refractivity contribution in [3.63, 3.8) is 0 Å². The Kier molecular flexibility index (Phi) is 3.32. The van der Waals surface area contributed by atoms with Crippen LogP contribution in [0.2, 0.25) is 0 Å². The molecule has 82 valence electrons. The molecule has 16 heavy (non-hydrogen) atoms. The summed E-state index contributed by atoms with van der Waals surface area (Å²) >= 11 is 0. The van der Waals surface area contributed by atoms with Gasteiger partial charge in [-0.1, -0.05) is 30.3 Å². The number of nitrogens with zero attached hydrogens (tertiary/aromatic N) is 1. The van der Waals surface area contributed by atoms with Crippen LogP contribution in [0.3, 0.4) is 0 Å². The van der Waals surface area contributed by atoms with Gasteiger partial charge in [-0.3, -0.25) is 4.98 Å².